The Kier molecular flexibility index (Phi) is 8.80. The first kappa shape index (κ1) is 30.4. The van der Waals surface area contributed by atoms with E-state index in [1.165, 1.54) is 8.87 Å². The van der Waals surface area contributed by atoms with Gasteiger partial charge in [-0.3, -0.25) is 0 Å². The number of amides is 1. The standard InChI is InChI=1S/C32H37ClN6O4S/c1-37(20-22-14-16-38(17-15-22)32(40)41)24-9-7-8-23(18-24)35-31-34-19-28(33)30(36-31)27-21-39(29-13-6-5-12-26(27)29)44(42,43)25-10-3-2-4-11-25/h2-6,10-13,19,21-24H,7-9,14-18,20H2,1H3,(H,40,41)(H,34,35,36)/t23-,24+/m1/s1. The van der Waals surface area contributed by atoms with Crippen LogP contribution in [0.1, 0.15) is 38.5 Å². The zero-order valence-electron chi connectivity index (χ0n) is 24.6. The van der Waals surface area contributed by atoms with Crippen LogP contribution in [0.2, 0.25) is 5.02 Å². The third-order valence-corrected chi connectivity index (χ3v) is 11.0. The highest BCUT2D eigenvalue weighted by Gasteiger charge is 2.29. The van der Waals surface area contributed by atoms with Crippen molar-refractivity contribution in [3.05, 3.63) is 72.0 Å². The molecule has 4 aromatic rings. The number of para-hydroxylation sites is 1. The number of nitrogens with one attached hydrogen (secondary N) is 1. The second-order valence-corrected chi connectivity index (χ2v) is 14.1. The number of anilines is 1. The predicted octanol–water partition coefficient (Wildman–Crippen LogP) is 6.03. The molecule has 0 bridgehead atoms. The molecule has 12 heteroatoms. The summed E-state index contributed by atoms with van der Waals surface area (Å²) in [4.78, 5) is 24.7. The van der Waals surface area contributed by atoms with Crippen molar-refractivity contribution >= 4 is 44.6 Å². The topological polar surface area (TPSA) is 121 Å². The van der Waals surface area contributed by atoms with Gasteiger partial charge in [0.15, 0.2) is 0 Å². The molecule has 10 nitrogen and oxygen atoms in total. The van der Waals surface area contributed by atoms with E-state index in [1.54, 1.807) is 48.8 Å². The van der Waals surface area contributed by atoms with Crippen molar-refractivity contribution in [1.29, 1.82) is 0 Å². The summed E-state index contributed by atoms with van der Waals surface area (Å²) in [6.07, 6.45) is 8.27. The number of carboxylic acid groups (broad SMARTS) is 1. The Labute approximate surface area is 262 Å². The molecule has 1 aliphatic heterocycles. The van der Waals surface area contributed by atoms with E-state index in [9.17, 15) is 18.3 Å². The van der Waals surface area contributed by atoms with Crippen LogP contribution in [0, 0.1) is 5.92 Å². The molecule has 0 radical (unpaired) electrons. The fraction of sp³-hybridized carbons (Fsp3) is 0.406. The number of fused-ring (bicyclic) bond motifs is 1. The van der Waals surface area contributed by atoms with Crippen molar-refractivity contribution in [2.24, 2.45) is 5.92 Å². The molecule has 3 heterocycles. The van der Waals surface area contributed by atoms with Gasteiger partial charge in [0.2, 0.25) is 5.95 Å². The molecule has 2 atom stereocenters. The highest BCUT2D eigenvalue weighted by atomic mass is 35.5. The Bertz CT molecular complexity index is 1740. The highest BCUT2D eigenvalue weighted by Crippen LogP contribution is 2.36. The minimum atomic E-state index is -3.85. The number of likely N-dealkylation sites (tertiary alicyclic amines) is 1. The molecule has 2 fully saturated rings. The summed E-state index contributed by atoms with van der Waals surface area (Å²) in [6.45, 7) is 2.17. The molecule has 2 aromatic carbocycles. The zero-order valence-corrected chi connectivity index (χ0v) is 26.2. The summed E-state index contributed by atoms with van der Waals surface area (Å²) in [6, 6.07) is 16.3. The lowest BCUT2D eigenvalue weighted by atomic mass is 9.88. The molecule has 2 N–H and O–H groups in total. The SMILES string of the molecule is CN(CC1CCN(C(=O)O)CC1)[C@H]1CCC[C@@H](Nc2ncc(Cl)c(-c3cn(S(=O)(=O)c4ccccc4)c4ccccc34)n2)C1. The Hall–Kier alpha value is -3.67. The molecular weight excluding hydrogens is 600 g/mol. The van der Waals surface area contributed by atoms with Crippen LogP contribution in [0.3, 0.4) is 0 Å². The molecule has 1 saturated carbocycles. The van der Waals surface area contributed by atoms with E-state index in [-0.39, 0.29) is 10.9 Å². The van der Waals surface area contributed by atoms with Crippen molar-refractivity contribution in [2.45, 2.75) is 55.5 Å². The van der Waals surface area contributed by atoms with E-state index in [1.807, 2.05) is 18.2 Å². The lowest BCUT2D eigenvalue weighted by molar-refractivity contribution is 0.103. The Morgan fingerprint density at radius 2 is 1.80 bits per heavy atom. The average Bonchev–Trinajstić information content (AvgIpc) is 3.43. The van der Waals surface area contributed by atoms with Gasteiger partial charge >= 0.3 is 6.09 Å². The third kappa shape index (κ3) is 6.27. The summed E-state index contributed by atoms with van der Waals surface area (Å²) in [5.41, 5.74) is 1.63. The van der Waals surface area contributed by atoms with Crippen LogP contribution >= 0.6 is 11.6 Å². The van der Waals surface area contributed by atoms with Crippen molar-refractivity contribution < 1.29 is 18.3 Å². The normalized spacial score (nSPS) is 19.8. The van der Waals surface area contributed by atoms with Crippen LogP contribution in [0.25, 0.3) is 22.2 Å². The maximum absolute atomic E-state index is 13.6. The van der Waals surface area contributed by atoms with E-state index >= 15 is 0 Å². The quantitative estimate of drug-likeness (QED) is 0.240. The lowest BCUT2D eigenvalue weighted by Crippen LogP contribution is -2.45. The molecule has 2 aliphatic rings. The van der Waals surface area contributed by atoms with E-state index in [2.05, 4.69) is 22.2 Å². The van der Waals surface area contributed by atoms with Crippen LogP contribution in [-0.4, -0.2) is 82.1 Å². The average molecular weight is 637 g/mol. The molecule has 44 heavy (non-hydrogen) atoms. The fourth-order valence-electron chi connectivity index (χ4n) is 6.61. The van der Waals surface area contributed by atoms with Crippen molar-refractivity contribution in [3.63, 3.8) is 0 Å². The Balaban J connectivity index is 1.19. The first-order chi connectivity index (χ1) is 21.2. The third-order valence-electron chi connectivity index (χ3n) is 9.01. The van der Waals surface area contributed by atoms with E-state index in [0.29, 0.717) is 52.8 Å². The van der Waals surface area contributed by atoms with Crippen LogP contribution in [0.15, 0.2) is 71.9 Å². The van der Waals surface area contributed by atoms with Crippen LogP contribution in [0.4, 0.5) is 10.7 Å². The second-order valence-electron chi connectivity index (χ2n) is 11.9. The van der Waals surface area contributed by atoms with Gasteiger partial charge in [0.1, 0.15) is 0 Å². The number of hydrogen-bond acceptors (Lipinski definition) is 7. The zero-order chi connectivity index (χ0) is 30.8. The Morgan fingerprint density at radius 3 is 2.55 bits per heavy atom. The fourth-order valence-corrected chi connectivity index (χ4v) is 8.19. The van der Waals surface area contributed by atoms with Crippen LogP contribution in [-0.2, 0) is 10.0 Å². The van der Waals surface area contributed by atoms with Crippen molar-refractivity contribution in [2.75, 3.05) is 32.0 Å². The Morgan fingerprint density at radius 1 is 1.07 bits per heavy atom. The van der Waals surface area contributed by atoms with Gasteiger partial charge < -0.3 is 20.2 Å². The number of rotatable bonds is 8. The number of aromatic nitrogens is 3. The van der Waals surface area contributed by atoms with E-state index in [4.69, 9.17) is 16.6 Å². The number of benzene rings is 2. The highest BCUT2D eigenvalue weighted by molar-refractivity contribution is 7.90. The van der Waals surface area contributed by atoms with E-state index < -0.39 is 16.1 Å². The minimum Gasteiger partial charge on any atom is -0.465 e. The first-order valence-corrected chi connectivity index (χ1v) is 16.9. The summed E-state index contributed by atoms with van der Waals surface area (Å²) in [7, 11) is -1.68. The lowest BCUT2D eigenvalue weighted by Gasteiger charge is -2.39. The van der Waals surface area contributed by atoms with Gasteiger partial charge in [-0.05, 0) is 69.7 Å². The number of hydrogen-bond donors (Lipinski definition) is 2. The molecule has 232 valence electrons. The minimum absolute atomic E-state index is 0.180. The molecule has 6 rings (SSSR count). The smallest absolute Gasteiger partial charge is 0.407 e. The number of carbonyl (C=O) groups is 1. The van der Waals surface area contributed by atoms with Crippen molar-refractivity contribution in [3.8, 4) is 11.3 Å². The molecule has 0 spiro atoms. The van der Waals surface area contributed by atoms with E-state index in [0.717, 1.165) is 50.5 Å². The molecule has 1 amide bonds. The predicted molar refractivity (Wildman–Crippen MR) is 172 cm³/mol. The van der Waals surface area contributed by atoms with Gasteiger partial charge in [-0.25, -0.2) is 27.2 Å². The summed E-state index contributed by atoms with van der Waals surface area (Å²) >= 11 is 6.64. The van der Waals surface area contributed by atoms with Crippen LogP contribution < -0.4 is 5.32 Å². The number of halogens is 1. The maximum atomic E-state index is 13.6. The monoisotopic (exact) mass is 636 g/mol. The van der Waals surface area contributed by atoms with Gasteiger partial charge in [0.25, 0.3) is 10.0 Å². The first-order valence-electron chi connectivity index (χ1n) is 15.1. The molecular formula is C32H37ClN6O4S. The largest absolute Gasteiger partial charge is 0.465 e. The summed E-state index contributed by atoms with van der Waals surface area (Å²) in [5.74, 6) is 0.959. The summed E-state index contributed by atoms with van der Waals surface area (Å²) in [5, 5.41) is 13.8. The van der Waals surface area contributed by atoms with Gasteiger partial charge in [-0.15, -0.1) is 0 Å². The van der Waals surface area contributed by atoms with Gasteiger partial charge in [-0.2, -0.15) is 0 Å². The number of nitrogens with zero attached hydrogens (tertiary/aromatic N) is 5. The second kappa shape index (κ2) is 12.7. The number of piperidine rings is 1. The van der Waals surface area contributed by atoms with Gasteiger partial charge in [0.05, 0.1) is 27.3 Å². The molecule has 1 aliphatic carbocycles. The molecule has 0 unspecified atom stereocenters. The van der Waals surface area contributed by atoms with Crippen molar-refractivity contribution in [1.82, 2.24) is 23.7 Å². The molecule has 1 saturated heterocycles. The maximum Gasteiger partial charge on any atom is 0.407 e. The molecule has 2 aromatic heterocycles. The summed E-state index contributed by atoms with van der Waals surface area (Å²) < 4.78 is 28.5. The van der Waals surface area contributed by atoms with Crippen LogP contribution in [0.5, 0.6) is 0 Å². The van der Waals surface area contributed by atoms with Gasteiger partial charge in [0, 0.05) is 48.9 Å². The van der Waals surface area contributed by atoms with Gasteiger partial charge in [-0.1, -0.05) is 48.0 Å².